The van der Waals surface area contributed by atoms with Crippen LogP contribution in [0.1, 0.15) is 6.92 Å². The molecule has 2 heterocycles. The van der Waals surface area contributed by atoms with Crippen molar-refractivity contribution in [2.75, 3.05) is 37.7 Å². The molecule has 0 N–H and O–H groups in total. The number of amides is 1. The van der Waals surface area contributed by atoms with Gasteiger partial charge in [0.15, 0.2) is 0 Å². The standard InChI is InChI=1S/C16H17ClN4O4/c1-2-25-16(22)20-9-7-19(8-10-20)15-12-3-4-13(17)14(21(23)24)11(12)5-6-18-15/h3-6H,2,7-10H2,1H3. The zero-order chi connectivity index (χ0) is 18.0. The Morgan fingerprint density at radius 3 is 2.64 bits per heavy atom. The fourth-order valence-corrected chi connectivity index (χ4v) is 3.18. The molecule has 8 nitrogen and oxygen atoms in total. The Balaban J connectivity index is 1.89. The highest BCUT2D eigenvalue weighted by atomic mass is 35.5. The van der Waals surface area contributed by atoms with Crippen LogP contribution in [-0.2, 0) is 4.74 Å². The number of carbonyl (C=O) groups is 1. The molecule has 3 rings (SSSR count). The summed E-state index contributed by atoms with van der Waals surface area (Å²) in [5.41, 5.74) is -0.118. The Kier molecular flexibility index (Phi) is 4.89. The Hall–Kier alpha value is -2.61. The summed E-state index contributed by atoms with van der Waals surface area (Å²) in [6.07, 6.45) is 1.22. The van der Waals surface area contributed by atoms with Crippen molar-refractivity contribution in [3.8, 4) is 0 Å². The van der Waals surface area contributed by atoms with Gasteiger partial charge < -0.3 is 14.5 Å². The van der Waals surface area contributed by atoms with E-state index in [1.165, 1.54) is 6.07 Å². The summed E-state index contributed by atoms with van der Waals surface area (Å²) in [6.45, 7) is 4.27. The van der Waals surface area contributed by atoms with E-state index in [0.717, 1.165) is 0 Å². The average Bonchev–Trinajstić information content (AvgIpc) is 2.61. The lowest BCUT2D eigenvalue weighted by molar-refractivity contribution is -0.382. The van der Waals surface area contributed by atoms with Crippen LogP contribution in [0.4, 0.5) is 16.3 Å². The Morgan fingerprint density at radius 2 is 2.00 bits per heavy atom. The molecular weight excluding hydrogens is 348 g/mol. The number of rotatable bonds is 3. The SMILES string of the molecule is CCOC(=O)N1CCN(c2nccc3c([N+](=O)[O-])c(Cl)ccc23)CC1. The normalized spacial score (nSPS) is 14.6. The summed E-state index contributed by atoms with van der Waals surface area (Å²) in [7, 11) is 0. The van der Waals surface area contributed by atoms with Crippen LogP contribution in [0.15, 0.2) is 24.4 Å². The number of fused-ring (bicyclic) bond motifs is 1. The van der Waals surface area contributed by atoms with Gasteiger partial charge in [-0.25, -0.2) is 9.78 Å². The third kappa shape index (κ3) is 3.30. The number of nitro benzene ring substituents is 1. The van der Waals surface area contributed by atoms with Gasteiger partial charge in [0, 0.05) is 37.8 Å². The lowest BCUT2D eigenvalue weighted by Gasteiger charge is -2.35. The quantitative estimate of drug-likeness (QED) is 0.614. The maximum Gasteiger partial charge on any atom is 0.409 e. The first kappa shape index (κ1) is 17.2. The molecule has 9 heteroatoms. The Labute approximate surface area is 149 Å². The second kappa shape index (κ2) is 7.10. The van der Waals surface area contributed by atoms with Gasteiger partial charge in [-0.2, -0.15) is 0 Å². The lowest BCUT2D eigenvalue weighted by Crippen LogP contribution is -2.49. The predicted molar refractivity (Wildman–Crippen MR) is 94.2 cm³/mol. The molecule has 132 valence electrons. The number of piperazine rings is 1. The molecule has 0 spiro atoms. The number of nitro groups is 1. The smallest absolute Gasteiger partial charge is 0.409 e. The third-order valence-corrected chi connectivity index (χ3v) is 4.44. The first-order valence-electron chi connectivity index (χ1n) is 7.91. The van der Waals surface area contributed by atoms with Gasteiger partial charge in [-0.3, -0.25) is 10.1 Å². The number of hydrogen-bond acceptors (Lipinski definition) is 6. The molecule has 1 saturated heterocycles. The van der Waals surface area contributed by atoms with Gasteiger partial charge in [-0.15, -0.1) is 0 Å². The lowest BCUT2D eigenvalue weighted by atomic mass is 10.1. The third-order valence-electron chi connectivity index (χ3n) is 4.13. The van der Waals surface area contributed by atoms with Crippen molar-refractivity contribution in [1.82, 2.24) is 9.88 Å². The maximum atomic E-state index is 11.8. The second-order valence-electron chi connectivity index (χ2n) is 5.56. The maximum absolute atomic E-state index is 11.8. The van der Waals surface area contributed by atoms with Gasteiger partial charge in [-0.05, 0) is 25.1 Å². The second-order valence-corrected chi connectivity index (χ2v) is 5.96. The molecule has 1 amide bonds. The molecule has 1 aliphatic rings. The van der Waals surface area contributed by atoms with Gasteiger partial charge in [0.25, 0.3) is 5.69 Å². The molecule has 0 saturated carbocycles. The summed E-state index contributed by atoms with van der Waals surface area (Å²) in [5.74, 6) is 0.653. The van der Waals surface area contributed by atoms with Crippen LogP contribution in [0.5, 0.6) is 0 Å². The molecule has 0 unspecified atom stereocenters. The predicted octanol–water partition coefficient (Wildman–Crippen LogP) is 3.07. The first-order chi connectivity index (χ1) is 12.0. The minimum absolute atomic E-state index is 0.0989. The van der Waals surface area contributed by atoms with Crippen LogP contribution in [-0.4, -0.2) is 53.7 Å². The molecule has 25 heavy (non-hydrogen) atoms. The number of halogens is 1. The fraction of sp³-hybridized carbons (Fsp3) is 0.375. The number of nitrogens with zero attached hydrogens (tertiary/aromatic N) is 4. The van der Waals surface area contributed by atoms with E-state index in [9.17, 15) is 14.9 Å². The number of pyridine rings is 1. The number of aromatic nitrogens is 1. The Morgan fingerprint density at radius 1 is 1.28 bits per heavy atom. The fourth-order valence-electron chi connectivity index (χ4n) is 2.95. The summed E-state index contributed by atoms with van der Waals surface area (Å²) < 4.78 is 5.01. The number of anilines is 1. The van der Waals surface area contributed by atoms with Crippen LogP contribution in [0.25, 0.3) is 10.8 Å². The van der Waals surface area contributed by atoms with E-state index in [0.29, 0.717) is 49.4 Å². The van der Waals surface area contributed by atoms with Crippen molar-refractivity contribution in [2.24, 2.45) is 0 Å². The van der Waals surface area contributed by atoms with Crippen LogP contribution >= 0.6 is 11.6 Å². The van der Waals surface area contributed by atoms with Gasteiger partial charge in [0.2, 0.25) is 0 Å². The van der Waals surface area contributed by atoms with Crippen molar-refractivity contribution >= 4 is 40.0 Å². The van der Waals surface area contributed by atoms with E-state index in [2.05, 4.69) is 4.98 Å². The van der Waals surface area contributed by atoms with E-state index >= 15 is 0 Å². The largest absolute Gasteiger partial charge is 0.450 e. The van der Waals surface area contributed by atoms with Crippen molar-refractivity contribution in [2.45, 2.75) is 6.92 Å². The zero-order valence-corrected chi connectivity index (χ0v) is 14.4. The molecule has 0 aliphatic carbocycles. The molecule has 1 aromatic carbocycles. The highest BCUT2D eigenvalue weighted by Crippen LogP contribution is 2.36. The van der Waals surface area contributed by atoms with E-state index in [1.54, 1.807) is 30.2 Å². The monoisotopic (exact) mass is 364 g/mol. The number of hydrogen-bond donors (Lipinski definition) is 0. The summed E-state index contributed by atoms with van der Waals surface area (Å²) in [4.78, 5) is 30.7. The number of ether oxygens (including phenoxy) is 1. The molecule has 1 aliphatic heterocycles. The molecule has 1 aromatic heterocycles. The minimum atomic E-state index is -0.479. The van der Waals surface area contributed by atoms with Crippen molar-refractivity contribution < 1.29 is 14.5 Å². The topological polar surface area (TPSA) is 88.8 Å². The van der Waals surface area contributed by atoms with Crippen LogP contribution in [0.2, 0.25) is 5.02 Å². The highest BCUT2D eigenvalue weighted by Gasteiger charge is 2.25. The van der Waals surface area contributed by atoms with E-state index < -0.39 is 4.92 Å². The van der Waals surface area contributed by atoms with Crippen molar-refractivity contribution in [3.63, 3.8) is 0 Å². The molecule has 0 atom stereocenters. The minimum Gasteiger partial charge on any atom is -0.450 e. The summed E-state index contributed by atoms with van der Waals surface area (Å²) in [6, 6.07) is 4.85. The van der Waals surface area contributed by atoms with Crippen LogP contribution in [0.3, 0.4) is 0 Å². The summed E-state index contributed by atoms with van der Waals surface area (Å²) >= 11 is 5.99. The average molecular weight is 365 g/mol. The Bertz CT molecular complexity index is 821. The van der Waals surface area contributed by atoms with Gasteiger partial charge in [0.05, 0.1) is 16.9 Å². The van der Waals surface area contributed by atoms with Gasteiger partial charge in [0.1, 0.15) is 10.8 Å². The van der Waals surface area contributed by atoms with E-state index in [-0.39, 0.29) is 16.8 Å². The summed E-state index contributed by atoms with van der Waals surface area (Å²) in [5, 5.41) is 12.6. The van der Waals surface area contributed by atoms with Gasteiger partial charge >= 0.3 is 6.09 Å². The molecule has 1 fully saturated rings. The molecule has 0 bridgehead atoms. The van der Waals surface area contributed by atoms with Crippen molar-refractivity contribution in [3.05, 3.63) is 39.5 Å². The van der Waals surface area contributed by atoms with Crippen LogP contribution in [0, 0.1) is 10.1 Å². The van der Waals surface area contributed by atoms with Crippen molar-refractivity contribution in [1.29, 1.82) is 0 Å². The number of benzene rings is 1. The van der Waals surface area contributed by atoms with Gasteiger partial charge in [-0.1, -0.05) is 11.6 Å². The number of carbonyl (C=O) groups excluding carboxylic acids is 1. The molecule has 0 radical (unpaired) electrons. The zero-order valence-electron chi connectivity index (χ0n) is 13.6. The van der Waals surface area contributed by atoms with E-state index in [1.807, 2.05) is 4.90 Å². The molecule has 2 aromatic rings. The highest BCUT2D eigenvalue weighted by molar-refractivity contribution is 6.34. The molecular formula is C16H17ClN4O4. The van der Waals surface area contributed by atoms with E-state index in [4.69, 9.17) is 16.3 Å². The van der Waals surface area contributed by atoms with Crippen LogP contribution < -0.4 is 4.90 Å². The first-order valence-corrected chi connectivity index (χ1v) is 8.29.